The molecular formula is C8H10N2OS. The van der Waals surface area contributed by atoms with E-state index in [0.717, 1.165) is 5.69 Å². The predicted octanol–water partition coefficient (Wildman–Crippen LogP) is 1.10. The van der Waals surface area contributed by atoms with Gasteiger partial charge in [0.1, 0.15) is 0 Å². The lowest BCUT2D eigenvalue weighted by Gasteiger charge is -2.06. The summed E-state index contributed by atoms with van der Waals surface area (Å²) < 4.78 is 3.66. The number of hydrogen-bond acceptors (Lipinski definition) is 2. The first-order chi connectivity index (χ1) is 5.57. The van der Waals surface area contributed by atoms with Crippen LogP contribution in [0.1, 0.15) is 5.69 Å². The maximum absolute atomic E-state index is 11.2. The second kappa shape index (κ2) is 3.06. The van der Waals surface area contributed by atoms with E-state index in [2.05, 4.69) is 6.58 Å². The molecule has 0 spiro atoms. The van der Waals surface area contributed by atoms with Crippen LogP contribution < -0.4 is 5.56 Å². The maximum atomic E-state index is 11.2. The van der Waals surface area contributed by atoms with E-state index in [0.29, 0.717) is 4.77 Å². The van der Waals surface area contributed by atoms with Crippen LogP contribution in [-0.4, -0.2) is 9.13 Å². The molecule has 0 aliphatic rings. The summed E-state index contributed by atoms with van der Waals surface area (Å²) in [6.07, 6.45) is 1.61. The summed E-state index contributed by atoms with van der Waals surface area (Å²) in [4.78, 5) is 11.2. The topological polar surface area (TPSA) is 26.9 Å². The number of aromatic nitrogens is 2. The minimum absolute atomic E-state index is 0.104. The normalized spacial score (nSPS) is 9.83. The fourth-order valence-electron chi connectivity index (χ4n) is 0.946. The first-order valence-corrected chi connectivity index (χ1v) is 3.88. The molecule has 1 heterocycles. The highest BCUT2D eigenvalue weighted by atomic mass is 32.1. The largest absolute Gasteiger partial charge is 0.321 e. The molecule has 0 radical (unpaired) electrons. The Bertz CT molecular complexity index is 428. The molecule has 0 saturated heterocycles. The van der Waals surface area contributed by atoms with Crippen molar-refractivity contribution in [1.82, 2.24) is 9.13 Å². The molecule has 0 bridgehead atoms. The van der Waals surface area contributed by atoms with Crippen molar-refractivity contribution in [1.29, 1.82) is 0 Å². The molecule has 3 nitrogen and oxygen atoms in total. The van der Waals surface area contributed by atoms with Crippen LogP contribution in [-0.2, 0) is 14.1 Å². The average molecular weight is 182 g/mol. The molecule has 0 fully saturated rings. The molecule has 0 aliphatic heterocycles. The summed E-state index contributed by atoms with van der Waals surface area (Å²) in [6.45, 7) is 3.59. The molecular weight excluding hydrogens is 172 g/mol. The quantitative estimate of drug-likeness (QED) is 0.608. The summed E-state index contributed by atoms with van der Waals surface area (Å²) in [5, 5.41) is 0. The second-order valence-corrected chi connectivity index (χ2v) is 2.88. The minimum Gasteiger partial charge on any atom is -0.321 e. The molecule has 0 amide bonds. The van der Waals surface area contributed by atoms with Crippen molar-refractivity contribution in [2.75, 3.05) is 0 Å². The molecule has 0 N–H and O–H groups in total. The number of nitrogens with zero attached hydrogens (tertiary/aromatic N) is 2. The van der Waals surface area contributed by atoms with Gasteiger partial charge in [-0.2, -0.15) is 0 Å². The van der Waals surface area contributed by atoms with Crippen molar-refractivity contribution in [3.8, 4) is 0 Å². The van der Waals surface area contributed by atoms with Gasteiger partial charge in [0.2, 0.25) is 0 Å². The second-order valence-electron chi connectivity index (χ2n) is 2.51. The Kier molecular flexibility index (Phi) is 2.28. The summed E-state index contributed by atoms with van der Waals surface area (Å²) >= 11 is 5.01. The van der Waals surface area contributed by atoms with Crippen LogP contribution in [0.3, 0.4) is 0 Å². The molecule has 0 aromatic carbocycles. The first kappa shape index (κ1) is 8.93. The van der Waals surface area contributed by atoms with Gasteiger partial charge in [-0.3, -0.25) is 9.36 Å². The monoisotopic (exact) mass is 182 g/mol. The van der Waals surface area contributed by atoms with E-state index in [-0.39, 0.29) is 5.56 Å². The molecule has 0 unspecified atom stereocenters. The Labute approximate surface area is 75.6 Å². The zero-order valence-corrected chi connectivity index (χ0v) is 7.89. The Morgan fingerprint density at radius 1 is 1.50 bits per heavy atom. The summed E-state index contributed by atoms with van der Waals surface area (Å²) in [6, 6.07) is 1.50. The number of hydrogen-bond donors (Lipinski definition) is 0. The lowest BCUT2D eigenvalue weighted by Crippen LogP contribution is -2.21. The average Bonchev–Trinajstić information content (AvgIpc) is 2.08. The van der Waals surface area contributed by atoms with Gasteiger partial charge in [-0.1, -0.05) is 6.58 Å². The highest BCUT2D eigenvalue weighted by Gasteiger charge is 1.98. The van der Waals surface area contributed by atoms with E-state index >= 15 is 0 Å². The lowest BCUT2D eigenvalue weighted by molar-refractivity contribution is 0.712. The van der Waals surface area contributed by atoms with Gasteiger partial charge in [0.15, 0.2) is 4.77 Å². The summed E-state index contributed by atoms with van der Waals surface area (Å²) in [5.74, 6) is 0. The van der Waals surface area contributed by atoms with Crippen molar-refractivity contribution in [2.45, 2.75) is 0 Å². The van der Waals surface area contributed by atoms with Crippen molar-refractivity contribution in [3.05, 3.63) is 33.5 Å². The summed E-state index contributed by atoms with van der Waals surface area (Å²) in [7, 11) is 3.45. The van der Waals surface area contributed by atoms with Gasteiger partial charge in [0, 0.05) is 25.9 Å². The van der Waals surface area contributed by atoms with Crippen LogP contribution in [0.25, 0.3) is 6.08 Å². The minimum atomic E-state index is -0.104. The zero-order chi connectivity index (χ0) is 9.30. The Morgan fingerprint density at radius 3 is 2.58 bits per heavy atom. The Balaban J connectivity index is 3.73. The lowest BCUT2D eigenvalue weighted by atomic mass is 10.4. The van der Waals surface area contributed by atoms with Crippen molar-refractivity contribution < 1.29 is 0 Å². The fourth-order valence-corrected chi connectivity index (χ4v) is 1.14. The molecule has 0 aliphatic carbocycles. The van der Waals surface area contributed by atoms with Gasteiger partial charge in [-0.25, -0.2) is 0 Å². The molecule has 0 saturated carbocycles. The van der Waals surface area contributed by atoms with Gasteiger partial charge in [-0.05, 0) is 18.3 Å². The molecule has 1 rings (SSSR count). The van der Waals surface area contributed by atoms with Crippen LogP contribution in [0.4, 0.5) is 0 Å². The van der Waals surface area contributed by atoms with Crippen LogP contribution in [0.15, 0.2) is 17.4 Å². The van der Waals surface area contributed by atoms with Gasteiger partial charge < -0.3 is 4.57 Å². The Morgan fingerprint density at radius 2 is 2.08 bits per heavy atom. The van der Waals surface area contributed by atoms with Crippen LogP contribution in [0.2, 0.25) is 0 Å². The summed E-state index contributed by atoms with van der Waals surface area (Å²) in [5.41, 5.74) is 0.635. The molecule has 1 aromatic heterocycles. The highest BCUT2D eigenvalue weighted by Crippen LogP contribution is 1.96. The first-order valence-electron chi connectivity index (χ1n) is 3.47. The van der Waals surface area contributed by atoms with E-state index in [1.165, 1.54) is 10.6 Å². The van der Waals surface area contributed by atoms with Gasteiger partial charge in [0.25, 0.3) is 5.56 Å². The molecule has 12 heavy (non-hydrogen) atoms. The maximum Gasteiger partial charge on any atom is 0.254 e. The van der Waals surface area contributed by atoms with Crippen molar-refractivity contribution >= 4 is 18.3 Å². The van der Waals surface area contributed by atoms with Crippen LogP contribution in [0, 0.1) is 4.77 Å². The molecule has 0 atom stereocenters. The molecule has 4 heteroatoms. The SMILES string of the molecule is C=Cc1cc(=O)n(C)c(=S)n1C. The van der Waals surface area contributed by atoms with Crippen LogP contribution in [0.5, 0.6) is 0 Å². The van der Waals surface area contributed by atoms with E-state index < -0.39 is 0 Å². The van der Waals surface area contributed by atoms with Gasteiger partial charge in [-0.15, -0.1) is 0 Å². The van der Waals surface area contributed by atoms with E-state index in [9.17, 15) is 4.79 Å². The van der Waals surface area contributed by atoms with Gasteiger partial charge >= 0.3 is 0 Å². The van der Waals surface area contributed by atoms with E-state index in [1.807, 2.05) is 0 Å². The molecule has 64 valence electrons. The highest BCUT2D eigenvalue weighted by molar-refractivity contribution is 7.71. The van der Waals surface area contributed by atoms with E-state index in [1.54, 1.807) is 24.7 Å². The zero-order valence-electron chi connectivity index (χ0n) is 7.07. The standard InChI is InChI=1S/C8H10N2OS/c1-4-6-5-7(11)10(3)8(12)9(6)2/h4-5H,1H2,2-3H3. The Hall–Kier alpha value is -1.16. The third-order valence-electron chi connectivity index (χ3n) is 1.77. The third kappa shape index (κ3) is 1.25. The number of rotatable bonds is 1. The molecule has 1 aromatic rings. The van der Waals surface area contributed by atoms with Crippen molar-refractivity contribution in [3.63, 3.8) is 0 Å². The van der Waals surface area contributed by atoms with Crippen molar-refractivity contribution in [2.24, 2.45) is 14.1 Å². The predicted molar refractivity (Wildman–Crippen MR) is 51.6 cm³/mol. The van der Waals surface area contributed by atoms with E-state index in [4.69, 9.17) is 12.2 Å². The smallest absolute Gasteiger partial charge is 0.254 e. The third-order valence-corrected chi connectivity index (χ3v) is 2.32. The van der Waals surface area contributed by atoms with Crippen LogP contribution >= 0.6 is 12.2 Å². The fraction of sp³-hybridized carbons (Fsp3) is 0.250. The van der Waals surface area contributed by atoms with Gasteiger partial charge in [0.05, 0.1) is 0 Å².